The summed E-state index contributed by atoms with van der Waals surface area (Å²) in [6.45, 7) is 7.54. The van der Waals surface area contributed by atoms with E-state index >= 15 is 0 Å². The van der Waals surface area contributed by atoms with Gasteiger partial charge in [0.1, 0.15) is 11.4 Å². The molecule has 1 amide bonds. The summed E-state index contributed by atoms with van der Waals surface area (Å²) in [5, 5.41) is 13.0. The summed E-state index contributed by atoms with van der Waals surface area (Å²) in [6.07, 6.45) is -0.0182. The van der Waals surface area contributed by atoms with Crippen LogP contribution in [0.25, 0.3) is 0 Å². The minimum atomic E-state index is -0.514. The molecule has 0 spiro atoms. The Bertz CT molecular complexity index is 580. The highest BCUT2D eigenvalue weighted by Gasteiger charge is 2.15. The molecule has 0 aliphatic rings. The first-order valence-corrected chi connectivity index (χ1v) is 7.01. The number of benzene rings is 1. The number of halogens is 1. The van der Waals surface area contributed by atoms with Crippen molar-refractivity contribution in [3.8, 4) is 17.6 Å². The van der Waals surface area contributed by atoms with Crippen molar-refractivity contribution in [1.29, 1.82) is 0 Å². The topological polar surface area (TPSA) is 58.6 Å². The molecule has 4 nitrogen and oxygen atoms in total. The highest BCUT2D eigenvalue weighted by molar-refractivity contribution is 6.30. The molecule has 0 saturated heterocycles. The number of phenols is 1. The van der Waals surface area contributed by atoms with Crippen LogP contribution in [0.3, 0.4) is 0 Å². The first-order chi connectivity index (χ1) is 9.69. The molecule has 1 rings (SSSR count). The first-order valence-electron chi connectivity index (χ1n) is 6.64. The van der Waals surface area contributed by atoms with Gasteiger partial charge in [0, 0.05) is 18.0 Å². The highest BCUT2D eigenvalue weighted by atomic mass is 35.5. The van der Waals surface area contributed by atoms with Crippen LogP contribution in [0, 0.1) is 18.8 Å². The first kappa shape index (κ1) is 17.2. The number of phenolic OH excluding ortho intramolecular Hbond substituents is 1. The predicted molar refractivity (Wildman–Crippen MR) is 83.6 cm³/mol. The summed E-state index contributed by atoms with van der Waals surface area (Å²) in [4.78, 5) is 11.4. The van der Waals surface area contributed by atoms with Crippen LogP contribution in [-0.4, -0.2) is 23.3 Å². The molecule has 2 N–H and O–H groups in total. The van der Waals surface area contributed by atoms with Crippen LogP contribution in [0.5, 0.6) is 5.75 Å². The monoisotopic (exact) mass is 309 g/mol. The van der Waals surface area contributed by atoms with Crippen LogP contribution in [0.2, 0.25) is 5.02 Å². The summed E-state index contributed by atoms with van der Waals surface area (Å²) in [6, 6.07) is 3.28. The van der Waals surface area contributed by atoms with Gasteiger partial charge in [-0.25, -0.2) is 4.79 Å². The Morgan fingerprint density at radius 3 is 2.71 bits per heavy atom. The standard InChI is InChI=1S/C16H20ClNO3/c1-11-9-13(17)10-12(14(11)19)7-5-6-8-18-15(20)21-16(2,3)4/h9-10,19H,6,8H2,1-4H3,(H,18,20). The summed E-state index contributed by atoms with van der Waals surface area (Å²) in [5.41, 5.74) is 0.649. The van der Waals surface area contributed by atoms with Crippen molar-refractivity contribution < 1.29 is 14.6 Å². The number of carbonyl (C=O) groups is 1. The Kier molecular flexibility index (Phi) is 5.92. The summed E-state index contributed by atoms with van der Waals surface area (Å²) in [5.74, 6) is 5.85. The maximum absolute atomic E-state index is 11.4. The van der Waals surface area contributed by atoms with Gasteiger partial charge in [-0.15, -0.1) is 0 Å². The van der Waals surface area contributed by atoms with Crippen molar-refractivity contribution in [3.05, 3.63) is 28.3 Å². The molecule has 21 heavy (non-hydrogen) atoms. The maximum Gasteiger partial charge on any atom is 0.407 e. The molecular formula is C16H20ClNO3. The van der Waals surface area contributed by atoms with E-state index in [0.29, 0.717) is 29.1 Å². The average molecular weight is 310 g/mol. The van der Waals surface area contributed by atoms with E-state index in [9.17, 15) is 9.90 Å². The second-order valence-corrected chi connectivity index (χ2v) is 6.04. The largest absolute Gasteiger partial charge is 0.506 e. The highest BCUT2D eigenvalue weighted by Crippen LogP contribution is 2.25. The van der Waals surface area contributed by atoms with Crippen LogP contribution in [0.1, 0.15) is 38.3 Å². The van der Waals surface area contributed by atoms with E-state index in [1.165, 1.54) is 0 Å². The second kappa shape index (κ2) is 7.24. The third-order valence-corrected chi connectivity index (χ3v) is 2.62. The molecule has 0 atom stereocenters. The lowest BCUT2D eigenvalue weighted by molar-refractivity contribution is 0.0529. The van der Waals surface area contributed by atoms with Crippen molar-refractivity contribution in [2.75, 3.05) is 6.54 Å². The molecule has 0 saturated carbocycles. The smallest absolute Gasteiger partial charge is 0.407 e. The van der Waals surface area contributed by atoms with Gasteiger partial charge in [-0.3, -0.25) is 0 Å². The zero-order valence-electron chi connectivity index (χ0n) is 12.7. The molecule has 0 aliphatic heterocycles. The van der Waals surface area contributed by atoms with Gasteiger partial charge in [0.15, 0.2) is 0 Å². The number of hydrogen-bond donors (Lipinski definition) is 2. The zero-order chi connectivity index (χ0) is 16.0. The quantitative estimate of drug-likeness (QED) is 0.648. The van der Waals surface area contributed by atoms with E-state index in [1.54, 1.807) is 39.8 Å². The van der Waals surface area contributed by atoms with Crippen LogP contribution in [0.15, 0.2) is 12.1 Å². The third-order valence-electron chi connectivity index (χ3n) is 2.41. The van der Waals surface area contributed by atoms with Crippen molar-refractivity contribution in [2.45, 2.75) is 39.7 Å². The van der Waals surface area contributed by atoms with E-state index in [2.05, 4.69) is 17.2 Å². The number of rotatable bonds is 2. The van der Waals surface area contributed by atoms with Gasteiger partial charge < -0.3 is 15.2 Å². The number of amides is 1. The molecule has 0 fully saturated rings. The number of carbonyl (C=O) groups excluding carboxylic acids is 1. The molecule has 0 heterocycles. The van der Waals surface area contributed by atoms with Gasteiger partial charge in [-0.1, -0.05) is 23.4 Å². The molecule has 0 bridgehead atoms. The third kappa shape index (κ3) is 6.42. The molecule has 5 heteroatoms. The maximum atomic E-state index is 11.4. The number of hydrogen-bond acceptors (Lipinski definition) is 3. The lowest BCUT2D eigenvalue weighted by atomic mass is 10.1. The van der Waals surface area contributed by atoms with Crippen molar-refractivity contribution in [3.63, 3.8) is 0 Å². The van der Waals surface area contributed by atoms with Crippen LogP contribution < -0.4 is 5.32 Å². The number of alkyl carbamates (subject to hydrolysis) is 1. The molecular weight excluding hydrogens is 290 g/mol. The Hall–Kier alpha value is -1.86. The van der Waals surface area contributed by atoms with Crippen LogP contribution in [-0.2, 0) is 4.74 Å². The minimum Gasteiger partial charge on any atom is -0.506 e. The van der Waals surface area contributed by atoms with E-state index < -0.39 is 11.7 Å². The van der Waals surface area contributed by atoms with Crippen LogP contribution >= 0.6 is 11.6 Å². The molecule has 114 valence electrons. The van der Waals surface area contributed by atoms with Crippen molar-refractivity contribution >= 4 is 17.7 Å². The number of aryl methyl sites for hydroxylation is 1. The Morgan fingerprint density at radius 2 is 2.10 bits per heavy atom. The minimum absolute atomic E-state index is 0.131. The summed E-state index contributed by atoms with van der Waals surface area (Å²) < 4.78 is 5.10. The zero-order valence-corrected chi connectivity index (χ0v) is 13.5. The molecule has 0 unspecified atom stereocenters. The van der Waals surface area contributed by atoms with Gasteiger partial charge in [-0.2, -0.15) is 0 Å². The van der Waals surface area contributed by atoms with E-state index in [4.69, 9.17) is 16.3 Å². The molecule has 0 radical (unpaired) electrons. The van der Waals surface area contributed by atoms with E-state index in [0.717, 1.165) is 0 Å². The Labute approximate surface area is 130 Å². The fourth-order valence-electron chi connectivity index (χ4n) is 1.53. The fraction of sp³-hybridized carbons (Fsp3) is 0.438. The SMILES string of the molecule is Cc1cc(Cl)cc(C#CCCNC(=O)OC(C)(C)C)c1O. The van der Waals surface area contributed by atoms with Crippen LogP contribution in [0.4, 0.5) is 4.79 Å². The summed E-state index contributed by atoms with van der Waals surface area (Å²) in [7, 11) is 0. The average Bonchev–Trinajstić information content (AvgIpc) is 2.32. The Morgan fingerprint density at radius 1 is 1.43 bits per heavy atom. The van der Waals surface area contributed by atoms with Gasteiger partial charge in [0.2, 0.25) is 0 Å². The number of ether oxygens (including phenoxy) is 1. The molecule has 0 aliphatic carbocycles. The fourth-order valence-corrected chi connectivity index (χ4v) is 1.80. The molecule has 1 aromatic carbocycles. The Balaban J connectivity index is 2.50. The van der Waals surface area contributed by atoms with E-state index in [1.807, 2.05) is 0 Å². The normalized spacial score (nSPS) is 10.5. The van der Waals surface area contributed by atoms with Gasteiger partial charge >= 0.3 is 6.09 Å². The lowest BCUT2D eigenvalue weighted by Crippen LogP contribution is -2.32. The predicted octanol–water partition coefficient (Wildman–Crippen LogP) is 3.62. The van der Waals surface area contributed by atoms with Gasteiger partial charge in [-0.05, 0) is 45.4 Å². The lowest BCUT2D eigenvalue weighted by Gasteiger charge is -2.19. The number of aromatic hydroxyl groups is 1. The molecule has 0 aromatic heterocycles. The summed E-state index contributed by atoms with van der Waals surface area (Å²) >= 11 is 5.91. The number of nitrogens with one attached hydrogen (secondary N) is 1. The van der Waals surface area contributed by atoms with Gasteiger partial charge in [0.05, 0.1) is 5.56 Å². The van der Waals surface area contributed by atoms with Gasteiger partial charge in [0.25, 0.3) is 0 Å². The molecule has 1 aromatic rings. The van der Waals surface area contributed by atoms with E-state index in [-0.39, 0.29) is 5.75 Å². The van der Waals surface area contributed by atoms with Crippen molar-refractivity contribution in [2.24, 2.45) is 0 Å². The second-order valence-electron chi connectivity index (χ2n) is 5.60. The van der Waals surface area contributed by atoms with Crippen molar-refractivity contribution in [1.82, 2.24) is 5.32 Å².